The Hall–Kier alpha value is -0.780. The van der Waals surface area contributed by atoms with Crippen molar-refractivity contribution in [2.45, 2.75) is 102 Å². The standard InChI is InChI=1S/C29H38/c1-2-24-4-5-26(10-25(24)3-1)27-11-22-9-23(12-27)17-29(16-22,18-27)28-13-19-6-20(14-28)8-21(7-19)15-28/h4-5,10,19-23H,1-3,6-9,11-18H2. The van der Waals surface area contributed by atoms with E-state index in [-0.39, 0.29) is 0 Å². The molecule has 2 unspecified atom stereocenters. The van der Waals surface area contributed by atoms with Crippen molar-refractivity contribution in [3.8, 4) is 0 Å². The van der Waals surface area contributed by atoms with Crippen LogP contribution < -0.4 is 0 Å². The molecule has 8 saturated carbocycles. The van der Waals surface area contributed by atoms with Crippen LogP contribution in [-0.4, -0.2) is 0 Å². The molecule has 0 amide bonds. The third kappa shape index (κ3) is 2.13. The normalized spacial score (nSPS) is 53.6. The maximum Gasteiger partial charge on any atom is -0.00361 e. The van der Waals surface area contributed by atoms with Crippen LogP contribution in [0.2, 0.25) is 0 Å². The molecule has 9 aliphatic rings. The Morgan fingerprint density at radius 1 is 0.586 bits per heavy atom. The lowest BCUT2D eigenvalue weighted by Gasteiger charge is -2.72. The molecule has 0 nitrogen and oxygen atoms in total. The lowest BCUT2D eigenvalue weighted by Crippen LogP contribution is -2.63. The highest BCUT2D eigenvalue weighted by atomic mass is 14.7. The van der Waals surface area contributed by atoms with Gasteiger partial charge in [0.15, 0.2) is 0 Å². The predicted octanol–water partition coefficient (Wildman–Crippen LogP) is 7.23. The minimum atomic E-state index is 0.561. The molecule has 1 aromatic rings. The maximum absolute atomic E-state index is 2.73. The van der Waals surface area contributed by atoms with Crippen molar-refractivity contribution in [1.29, 1.82) is 0 Å². The van der Waals surface area contributed by atoms with Crippen molar-refractivity contribution < 1.29 is 0 Å². The lowest BCUT2D eigenvalue weighted by atomic mass is 9.32. The van der Waals surface area contributed by atoms with Gasteiger partial charge in [0.2, 0.25) is 0 Å². The summed E-state index contributed by atoms with van der Waals surface area (Å²) >= 11 is 0. The second kappa shape index (κ2) is 5.34. The highest BCUT2D eigenvalue weighted by molar-refractivity contribution is 5.40. The average molecular weight is 387 g/mol. The van der Waals surface area contributed by atoms with Gasteiger partial charge in [-0.05, 0) is 159 Å². The molecule has 8 bridgehead atoms. The smallest absolute Gasteiger partial charge is 0.00361 e. The molecule has 0 N–H and O–H groups in total. The van der Waals surface area contributed by atoms with Crippen molar-refractivity contribution in [2.24, 2.45) is 40.4 Å². The average Bonchev–Trinajstić information content (AvgIpc) is 3.14. The van der Waals surface area contributed by atoms with Crippen molar-refractivity contribution in [3.63, 3.8) is 0 Å². The molecule has 0 aliphatic heterocycles. The van der Waals surface area contributed by atoms with Gasteiger partial charge in [-0.2, -0.15) is 0 Å². The van der Waals surface area contributed by atoms with Gasteiger partial charge in [0.05, 0.1) is 0 Å². The topological polar surface area (TPSA) is 0 Å². The summed E-state index contributed by atoms with van der Waals surface area (Å²) in [6, 6.07) is 7.89. The third-order valence-corrected chi connectivity index (χ3v) is 11.9. The van der Waals surface area contributed by atoms with Gasteiger partial charge in [-0.25, -0.2) is 0 Å². The summed E-state index contributed by atoms with van der Waals surface area (Å²) in [5.74, 6) is 5.45. The van der Waals surface area contributed by atoms with Crippen LogP contribution in [0, 0.1) is 40.4 Å². The first kappa shape index (κ1) is 16.9. The van der Waals surface area contributed by atoms with Gasteiger partial charge >= 0.3 is 0 Å². The Morgan fingerprint density at radius 3 is 1.86 bits per heavy atom. The lowest BCUT2D eigenvalue weighted by molar-refractivity contribution is -0.205. The highest BCUT2D eigenvalue weighted by Crippen LogP contribution is 2.77. The van der Waals surface area contributed by atoms with Gasteiger partial charge in [0.1, 0.15) is 0 Å². The Balaban J connectivity index is 1.24. The molecule has 154 valence electrons. The number of hydrogen-bond acceptors (Lipinski definition) is 0. The van der Waals surface area contributed by atoms with Crippen LogP contribution in [0.5, 0.6) is 0 Å². The zero-order chi connectivity index (χ0) is 18.8. The molecule has 10 rings (SSSR count). The van der Waals surface area contributed by atoms with E-state index in [1.165, 1.54) is 32.1 Å². The van der Waals surface area contributed by atoms with E-state index < -0.39 is 0 Å². The molecule has 1 aromatic carbocycles. The van der Waals surface area contributed by atoms with E-state index in [1.54, 1.807) is 80.9 Å². The Bertz CT molecular complexity index is 825. The SMILES string of the molecule is c1cc2c(cc1C13CC4CC(C1)CC(C15CC6CC(CC(C6)C1)C5)(C4)C3)CCC2. The van der Waals surface area contributed by atoms with E-state index in [1.807, 2.05) is 0 Å². The summed E-state index contributed by atoms with van der Waals surface area (Å²) in [6.07, 6.45) is 23.3. The first-order chi connectivity index (χ1) is 14.1. The summed E-state index contributed by atoms with van der Waals surface area (Å²) in [5, 5.41) is 0. The molecule has 0 heteroatoms. The van der Waals surface area contributed by atoms with E-state index in [0.29, 0.717) is 5.41 Å². The van der Waals surface area contributed by atoms with Gasteiger partial charge in [-0.3, -0.25) is 0 Å². The number of hydrogen-bond donors (Lipinski definition) is 0. The zero-order valence-electron chi connectivity index (χ0n) is 18.2. The van der Waals surface area contributed by atoms with E-state index in [2.05, 4.69) is 18.2 Å². The molecular formula is C29H38. The fraction of sp³-hybridized carbons (Fsp3) is 0.793. The summed E-state index contributed by atoms with van der Waals surface area (Å²) in [6.45, 7) is 0. The second-order valence-electron chi connectivity index (χ2n) is 13.6. The molecule has 0 aromatic heterocycles. The summed E-state index contributed by atoms with van der Waals surface area (Å²) in [5.41, 5.74) is 7.25. The number of aryl methyl sites for hydroxylation is 2. The minimum absolute atomic E-state index is 0.561. The highest BCUT2D eigenvalue weighted by Gasteiger charge is 2.67. The van der Waals surface area contributed by atoms with Crippen LogP contribution in [-0.2, 0) is 18.3 Å². The van der Waals surface area contributed by atoms with Gasteiger partial charge in [0, 0.05) is 0 Å². The third-order valence-electron chi connectivity index (χ3n) is 11.9. The Morgan fingerprint density at radius 2 is 1.17 bits per heavy atom. The van der Waals surface area contributed by atoms with Crippen LogP contribution in [0.4, 0.5) is 0 Å². The number of rotatable bonds is 2. The van der Waals surface area contributed by atoms with Gasteiger partial charge in [-0.1, -0.05) is 18.2 Å². The second-order valence-corrected chi connectivity index (χ2v) is 13.6. The monoisotopic (exact) mass is 386 g/mol. The number of benzene rings is 1. The molecule has 0 radical (unpaired) electrons. The molecule has 9 aliphatic carbocycles. The Kier molecular flexibility index (Phi) is 3.10. The van der Waals surface area contributed by atoms with Crippen molar-refractivity contribution in [1.82, 2.24) is 0 Å². The first-order valence-electron chi connectivity index (χ1n) is 13.3. The fourth-order valence-corrected chi connectivity index (χ4v) is 11.9. The molecule has 29 heavy (non-hydrogen) atoms. The van der Waals surface area contributed by atoms with Crippen LogP contribution in [0.25, 0.3) is 0 Å². The Labute approximate surface area is 177 Å². The van der Waals surface area contributed by atoms with Gasteiger partial charge < -0.3 is 0 Å². The maximum atomic E-state index is 2.73. The van der Waals surface area contributed by atoms with E-state index >= 15 is 0 Å². The molecule has 0 spiro atoms. The fourth-order valence-electron chi connectivity index (χ4n) is 11.9. The summed E-state index contributed by atoms with van der Waals surface area (Å²) in [4.78, 5) is 0. The molecule has 0 heterocycles. The molecular weight excluding hydrogens is 348 g/mol. The predicted molar refractivity (Wildman–Crippen MR) is 118 cm³/mol. The first-order valence-corrected chi connectivity index (χ1v) is 13.3. The van der Waals surface area contributed by atoms with Crippen LogP contribution in [0.1, 0.15) is 100 Å². The molecule has 8 fully saturated rings. The van der Waals surface area contributed by atoms with Crippen LogP contribution in [0.15, 0.2) is 18.2 Å². The summed E-state index contributed by atoms with van der Waals surface area (Å²) in [7, 11) is 0. The van der Waals surface area contributed by atoms with E-state index in [0.717, 1.165) is 40.4 Å². The summed E-state index contributed by atoms with van der Waals surface area (Å²) < 4.78 is 0. The van der Waals surface area contributed by atoms with Crippen molar-refractivity contribution in [3.05, 3.63) is 34.9 Å². The van der Waals surface area contributed by atoms with E-state index in [9.17, 15) is 0 Å². The number of fused-ring (bicyclic) bond motifs is 1. The minimum Gasteiger partial charge on any atom is -0.0585 e. The molecule has 2 atom stereocenters. The largest absolute Gasteiger partial charge is 0.0585 e. The molecule has 0 saturated heterocycles. The zero-order valence-corrected chi connectivity index (χ0v) is 18.2. The van der Waals surface area contributed by atoms with E-state index in [4.69, 9.17) is 0 Å². The van der Waals surface area contributed by atoms with Crippen LogP contribution in [0.3, 0.4) is 0 Å². The van der Waals surface area contributed by atoms with Crippen molar-refractivity contribution >= 4 is 0 Å². The quantitative estimate of drug-likeness (QED) is 0.503. The van der Waals surface area contributed by atoms with Gasteiger partial charge in [0.25, 0.3) is 0 Å². The van der Waals surface area contributed by atoms with Crippen molar-refractivity contribution in [2.75, 3.05) is 0 Å². The van der Waals surface area contributed by atoms with Crippen LogP contribution >= 0.6 is 0 Å². The van der Waals surface area contributed by atoms with Gasteiger partial charge in [-0.15, -0.1) is 0 Å².